The van der Waals surface area contributed by atoms with Crippen molar-refractivity contribution in [2.45, 2.75) is 0 Å². The van der Waals surface area contributed by atoms with Gasteiger partial charge in [-0.05, 0) is 129 Å². The number of fused-ring (bicyclic) bond motifs is 5. The third kappa shape index (κ3) is 5.16. The SMILES string of the molecule is c1ccc(-c2cc3ccccc3cc2-c2ccc3c(c2)c(-c2ccccc2)c(-c2ccccc2)c2cc(-c4ccc5ccccc5c4)ccc23)cc1. The van der Waals surface area contributed by atoms with Crippen LogP contribution in [0.1, 0.15) is 0 Å². The highest BCUT2D eigenvalue weighted by atomic mass is 14.2. The molecule has 0 spiro atoms. The molecule has 0 aliphatic heterocycles. The molecular weight excluding hydrogens is 625 g/mol. The van der Waals surface area contributed by atoms with Crippen LogP contribution in [-0.4, -0.2) is 0 Å². The molecule has 0 aromatic heterocycles. The molecule has 10 aromatic carbocycles. The Morgan fingerprint density at radius 3 is 1.13 bits per heavy atom. The van der Waals surface area contributed by atoms with Crippen molar-refractivity contribution in [3.05, 3.63) is 206 Å². The van der Waals surface area contributed by atoms with E-state index in [-0.39, 0.29) is 0 Å². The highest BCUT2D eigenvalue weighted by Crippen LogP contribution is 2.47. The Hall–Kier alpha value is -6.76. The lowest BCUT2D eigenvalue weighted by atomic mass is 9.82. The van der Waals surface area contributed by atoms with E-state index >= 15 is 0 Å². The number of benzene rings is 10. The van der Waals surface area contributed by atoms with Crippen LogP contribution in [0.25, 0.3) is 98.7 Å². The first-order valence-electron chi connectivity index (χ1n) is 18.0. The minimum Gasteiger partial charge on any atom is -0.0622 e. The molecule has 0 saturated heterocycles. The van der Waals surface area contributed by atoms with E-state index in [2.05, 4.69) is 206 Å². The van der Waals surface area contributed by atoms with Gasteiger partial charge in [-0.15, -0.1) is 0 Å². The zero-order chi connectivity index (χ0) is 34.4. The maximum absolute atomic E-state index is 2.44. The molecule has 0 saturated carbocycles. The topological polar surface area (TPSA) is 0 Å². The predicted octanol–water partition coefficient (Wildman–Crippen LogP) is 14.6. The zero-order valence-corrected chi connectivity index (χ0v) is 28.6. The van der Waals surface area contributed by atoms with Gasteiger partial charge >= 0.3 is 0 Å². The molecule has 0 bridgehead atoms. The smallest absolute Gasteiger partial charge is 0.00201 e. The van der Waals surface area contributed by atoms with Crippen LogP contribution in [0.2, 0.25) is 0 Å². The van der Waals surface area contributed by atoms with Crippen molar-refractivity contribution in [3.8, 4) is 55.6 Å². The highest BCUT2D eigenvalue weighted by Gasteiger charge is 2.20. The normalized spacial score (nSPS) is 11.5. The van der Waals surface area contributed by atoms with Crippen LogP contribution >= 0.6 is 0 Å². The van der Waals surface area contributed by atoms with Crippen LogP contribution in [0.3, 0.4) is 0 Å². The molecule has 0 aliphatic rings. The molecule has 0 fully saturated rings. The summed E-state index contributed by atoms with van der Waals surface area (Å²) in [6.45, 7) is 0. The Morgan fingerprint density at radius 1 is 0.192 bits per heavy atom. The third-order valence-corrected chi connectivity index (χ3v) is 10.6. The van der Waals surface area contributed by atoms with Crippen LogP contribution in [0.15, 0.2) is 206 Å². The van der Waals surface area contributed by atoms with Gasteiger partial charge in [-0.3, -0.25) is 0 Å². The van der Waals surface area contributed by atoms with E-state index in [0.717, 1.165) is 0 Å². The summed E-state index contributed by atoms with van der Waals surface area (Å²) in [4.78, 5) is 0. The summed E-state index contributed by atoms with van der Waals surface area (Å²) in [6, 6.07) is 75.7. The van der Waals surface area contributed by atoms with Gasteiger partial charge < -0.3 is 0 Å². The van der Waals surface area contributed by atoms with Crippen molar-refractivity contribution >= 4 is 43.1 Å². The van der Waals surface area contributed by atoms with E-state index in [1.807, 2.05) is 0 Å². The standard InChI is InChI=1S/C52H34/c1-4-15-36(16-5-1)47-31-40-22-12-13-23-41(40)32-48(47)44-27-29-46-45-28-26-43(42-25-24-35-14-10-11-21-39(35)30-42)33-49(45)51(37-17-6-2-7-18-37)52(50(46)34-44)38-19-8-3-9-20-38/h1-34H. The van der Waals surface area contributed by atoms with Crippen LogP contribution in [0.4, 0.5) is 0 Å². The van der Waals surface area contributed by atoms with Crippen LogP contribution in [-0.2, 0) is 0 Å². The van der Waals surface area contributed by atoms with Crippen LogP contribution in [0, 0.1) is 0 Å². The zero-order valence-electron chi connectivity index (χ0n) is 28.6. The average molecular weight is 659 g/mol. The maximum atomic E-state index is 2.44. The molecule has 0 radical (unpaired) electrons. The lowest BCUT2D eigenvalue weighted by molar-refractivity contribution is 1.60. The minimum absolute atomic E-state index is 1.21. The van der Waals surface area contributed by atoms with Crippen molar-refractivity contribution in [3.63, 3.8) is 0 Å². The lowest BCUT2D eigenvalue weighted by Crippen LogP contribution is -1.94. The second-order valence-corrected chi connectivity index (χ2v) is 13.7. The number of hydrogen-bond acceptors (Lipinski definition) is 0. The van der Waals surface area contributed by atoms with Crippen molar-refractivity contribution in [1.29, 1.82) is 0 Å². The van der Waals surface area contributed by atoms with E-state index in [1.54, 1.807) is 0 Å². The first-order chi connectivity index (χ1) is 25.8. The monoisotopic (exact) mass is 658 g/mol. The van der Waals surface area contributed by atoms with E-state index in [9.17, 15) is 0 Å². The molecule has 10 aromatic rings. The Labute approximate surface area is 303 Å². The van der Waals surface area contributed by atoms with Gasteiger partial charge in [0.1, 0.15) is 0 Å². The van der Waals surface area contributed by atoms with Gasteiger partial charge in [0.25, 0.3) is 0 Å². The summed E-state index contributed by atoms with van der Waals surface area (Å²) in [5.74, 6) is 0. The van der Waals surface area contributed by atoms with Crippen LogP contribution < -0.4 is 0 Å². The molecule has 52 heavy (non-hydrogen) atoms. The maximum Gasteiger partial charge on any atom is -0.00201 e. The Bertz CT molecular complexity index is 2920. The average Bonchev–Trinajstić information content (AvgIpc) is 3.23. The minimum atomic E-state index is 1.21. The number of hydrogen-bond donors (Lipinski definition) is 0. The molecule has 0 N–H and O–H groups in total. The lowest BCUT2D eigenvalue weighted by Gasteiger charge is -2.21. The largest absolute Gasteiger partial charge is 0.0622 e. The quantitative estimate of drug-likeness (QED) is 0.161. The summed E-state index contributed by atoms with van der Waals surface area (Å²) in [5, 5.41) is 10.0. The third-order valence-electron chi connectivity index (χ3n) is 10.6. The molecule has 0 heteroatoms. The van der Waals surface area contributed by atoms with E-state index < -0.39 is 0 Å². The first kappa shape index (κ1) is 30.1. The Kier molecular flexibility index (Phi) is 7.25. The van der Waals surface area contributed by atoms with E-state index in [0.29, 0.717) is 0 Å². The first-order valence-corrected chi connectivity index (χ1v) is 18.0. The van der Waals surface area contributed by atoms with Crippen LogP contribution in [0.5, 0.6) is 0 Å². The molecule has 0 heterocycles. The van der Waals surface area contributed by atoms with E-state index in [1.165, 1.54) is 98.7 Å². The van der Waals surface area contributed by atoms with Crippen molar-refractivity contribution in [1.82, 2.24) is 0 Å². The van der Waals surface area contributed by atoms with Gasteiger partial charge in [0.05, 0.1) is 0 Å². The summed E-state index contributed by atoms with van der Waals surface area (Å²) >= 11 is 0. The Balaban J connectivity index is 1.30. The fourth-order valence-corrected chi connectivity index (χ4v) is 8.10. The predicted molar refractivity (Wildman–Crippen MR) is 224 cm³/mol. The summed E-state index contributed by atoms with van der Waals surface area (Å²) in [6.07, 6.45) is 0. The molecule has 0 unspecified atom stereocenters. The molecule has 0 aliphatic carbocycles. The van der Waals surface area contributed by atoms with Gasteiger partial charge in [-0.2, -0.15) is 0 Å². The Morgan fingerprint density at radius 2 is 0.577 bits per heavy atom. The second-order valence-electron chi connectivity index (χ2n) is 13.7. The molecule has 10 rings (SSSR count). The van der Waals surface area contributed by atoms with Crippen molar-refractivity contribution < 1.29 is 0 Å². The summed E-state index contributed by atoms with van der Waals surface area (Å²) in [5.41, 5.74) is 12.3. The van der Waals surface area contributed by atoms with Gasteiger partial charge in [-0.25, -0.2) is 0 Å². The van der Waals surface area contributed by atoms with Gasteiger partial charge in [-0.1, -0.05) is 176 Å². The highest BCUT2D eigenvalue weighted by molar-refractivity contribution is 6.23. The van der Waals surface area contributed by atoms with Gasteiger partial charge in [0.2, 0.25) is 0 Å². The second kappa shape index (κ2) is 12.5. The van der Waals surface area contributed by atoms with E-state index in [4.69, 9.17) is 0 Å². The van der Waals surface area contributed by atoms with Crippen molar-refractivity contribution in [2.24, 2.45) is 0 Å². The molecule has 242 valence electrons. The number of rotatable bonds is 5. The fourth-order valence-electron chi connectivity index (χ4n) is 8.10. The molecule has 0 atom stereocenters. The van der Waals surface area contributed by atoms with Gasteiger partial charge in [0.15, 0.2) is 0 Å². The van der Waals surface area contributed by atoms with Gasteiger partial charge in [0, 0.05) is 0 Å². The molecule has 0 amide bonds. The summed E-state index contributed by atoms with van der Waals surface area (Å²) < 4.78 is 0. The molecule has 0 nitrogen and oxygen atoms in total. The fraction of sp³-hybridized carbons (Fsp3) is 0. The molecular formula is C52H34. The van der Waals surface area contributed by atoms with Crippen molar-refractivity contribution in [2.75, 3.05) is 0 Å². The summed E-state index contributed by atoms with van der Waals surface area (Å²) in [7, 11) is 0.